The lowest BCUT2D eigenvalue weighted by molar-refractivity contribution is -0.0710. The van der Waals surface area contributed by atoms with E-state index < -0.39 is 0 Å². The Bertz CT molecular complexity index is 368. The maximum absolute atomic E-state index is 5.66. The molecule has 4 N–H and O–H groups in total. The Morgan fingerprint density at radius 3 is 2.18 bits per heavy atom. The molecule has 1 aromatic rings. The molecule has 1 fully saturated rings. The maximum atomic E-state index is 5.66. The lowest BCUT2D eigenvalue weighted by atomic mass is 10.2. The van der Waals surface area contributed by atoms with Gasteiger partial charge in [-0.25, -0.2) is 0 Å². The van der Waals surface area contributed by atoms with Crippen LogP contribution in [-0.4, -0.2) is 45.1 Å². The molecular formula is C10H18N6O. The van der Waals surface area contributed by atoms with Gasteiger partial charge in [0.2, 0.25) is 11.9 Å². The summed E-state index contributed by atoms with van der Waals surface area (Å²) in [5.74, 6) is 0.944. The average Bonchev–Trinajstić information content (AvgIpc) is 2.13. The summed E-state index contributed by atoms with van der Waals surface area (Å²) in [6, 6.07) is 0. The van der Waals surface area contributed by atoms with Gasteiger partial charge in [-0.1, -0.05) is 0 Å². The Morgan fingerprint density at radius 2 is 1.65 bits per heavy atom. The first-order chi connectivity index (χ1) is 8.02. The van der Waals surface area contributed by atoms with Crippen LogP contribution in [0.3, 0.4) is 0 Å². The van der Waals surface area contributed by atoms with Gasteiger partial charge in [-0.2, -0.15) is 15.0 Å². The van der Waals surface area contributed by atoms with Crippen molar-refractivity contribution in [3.05, 3.63) is 5.82 Å². The molecule has 0 radical (unpaired) electrons. The zero-order valence-corrected chi connectivity index (χ0v) is 10.1. The van der Waals surface area contributed by atoms with Gasteiger partial charge in [-0.05, 0) is 13.8 Å². The van der Waals surface area contributed by atoms with Crippen LogP contribution in [0.25, 0.3) is 0 Å². The van der Waals surface area contributed by atoms with Crippen molar-refractivity contribution in [3.63, 3.8) is 0 Å². The second-order valence-electron chi connectivity index (χ2n) is 4.42. The molecular weight excluding hydrogens is 220 g/mol. The molecule has 1 aromatic heterocycles. The van der Waals surface area contributed by atoms with E-state index in [9.17, 15) is 0 Å². The number of ether oxygens (including phenoxy) is 1. The Hall–Kier alpha value is -1.47. The molecule has 1 saturated heterocycles. The third kappa shape index (κ3) is 3.24. The van der Waals surface area contributed by atoms with Crippen molar-refractivity contribution in [3.8, 4) is 0 Å². The van der Waals surface area contributed by atoms with Crippen LogP contribution in [0.2, 0.25) is 0 Å². The van der Waals surface area contributed by atoms with Crippen molar-refractivity contribution in [1.29, 1.82) is 0 Å². The van der Waals surface area contributed by atoms with Gasteiger partial charge in [-0.3, -0.25) is 4.90 Å². The molecule has 0 spiro atoms. The van der Waals surface area contributed by atoms with Gasteiger partial charge < -0.3 is 16.2 Å². The molecule has 17 heavy (non-hydrogen) atoms. The van der Waals surface area contributed by atoms with Crippen LogP contribution in [0, 0.1) is 0 Å². The molecule has 2 unspecified atom stereocenters. The second kappa shape index (κ2) is 4.80. The molecule has 94 valence electrons. The number of rotatable bonds is 2. The van der Waals surface area contributed by atoms with Crippen LogP contribution < -0.4 is 11.5 Å². The highest BCUT2D eigenvalue weighted by Crippen LogP contribution is 2.13. The summed E-state index contributed by atoms with van der Waals surface area (Å²) in [7, 11) is 0. The first-order valence-corrected chi connectivity index (χ1v) is 5.66. The standard InChI is InChI=1S/C10H18N6O/c1-6-3-16(4-7(2)17-6)5-8-13-9(11)15-10(12)14-8/h6-7H,3-5H2,1-2H3,(H4,11,12,13,14,15). The Kier molecular flexibility index (Phi) is 3.39. The minimum atomic E-state index is 0.168. The zero-order chi connectivity index (χ0) is 12.4. The molecule has 0 aliphatic carbocycles. The predicted molar refractivity (Wildman–Crippen MR) is 63.9 cm³/mol. The Morgan fingerprint density at radius 1 is 1.12 bits per heavy atom. The van der Waals surface area contributed by atoms with E-state index in [1.807, 2.05) is 0 Å². The number of morpholine rings is 1. The highest BCUT2D eigenvalue weighted by Gasteiger charge is 2.22. The van der Waals surface area contributed by atoms with E-state index in [4.69, 9.17) is 16.2 Å². The molecule has 1 aliphatic heterocycles. The van der Waals surface area contributed by atoms with Gasteiger partial charge in [-0.15, -0.1) is 0 Å². The highest BCUT2D eigenvalue weighted by molar-refractivity contribution is 5.25. The van der Waals surface area contributed by atoms with Crippen LogP contribution in [0.5, 0.6) is 0 Å². The number of hydrogen-bond acceptors (Lipinski definition) is 7. The van der Waals surface area contributed by atoms with Crippen molar-refractivity contribution in [1.82, 2.24) is 19.9 Å². The van der Waals surface area contributed by atoms with E-state index in [1.165, 1.54) is 0 Å². The normalized spacial score (nSPS) is 26.0. The molecule has 2 heterocycles. The predicted octanol–water partition coefficient (Wildman–Crippen LogP) is -0.355. The lowest BCUT2D eigenvalue weighted by Crippen LogP contribution is -2.45. The number of nitrogens with two attached hydrogens (primary N) is 2. The van der Waals surface area contributed by atoms with E-state index in [0.29, 0.717) is 12.4 Å². The summed E-state index contributed by atoms with van der Waals surface area (Å²) < 4.78 is 5.66. The fourth-order valence-electron chi connectivity index (χ4n) is 2.14. The molecule has 1 aliphatic rings. The van der Waals surface area contributed by atoms with Crippen molar-refractivity contribution < 1.29 is 4.74 Å². The number of nitrogens with zero attached hydrogens (tertiary/aromatic N) is 4. The summed E-state index contributed by atoms with van der Waals surface area (Å²) >= 11 is 0. The summed E-state index contributed by atoms with van der Waals surface area (Å²) in [6.07, 6.45) is 0.436. The lowest BCUT2D eigenvalue weighted by Gasteiger charge is -2.34. The zero-order valence-electron chi connectivity index (χ0n) is 10.1. The summed E-state index contributed by atoms with van der Waals surface area (Å²) in [4.78, 5) is 14.1. The smallest absolute Gasteiger partial charge is 0.225 e. The molecule has 2 atom stereocenters. The van der Waals surface area contributed by atoms with E-state index in [-0.39, 0.29) is 24.1 Å². The van der Waals surface area contributed by atoms with Crippen LogP contribution >= 0.6 is 0 Å². The maximum Gasteiger partial charge on any atom is 0.225 e. The van der Waals surface area contributed by atoms with Gasteiger partial charge in [0.25, 0.3) is 0 Å². The second-order valence-corrected chi connectivity index (χ2v) is 4.42. The minimum absolute atomic E-state index is 0.168. The third-order valence-electron chi connectivity index (χ3n) is 2.58. The first-order valence-electron chi connectivity index (χ1n) is 5.66. The van der Waals surface area contributed by atoms with E-state index >= 15 is 0 Å². The fraction of sp³-hybridized carbons (Fsp3) is 0.700. The summed E-state index contributed by atoms with van der Waals surface area (Å²) in [5.41, 5.74) is 11.1. The monoisotopic (exact) mass is 238 g/mol. The molecule has 7 nitrogen and oxygen atoms in total. The minimum Gasteiger partial charge on any atom is -0.373 e. The van der Waals surface area contributed by atoms with Crippen LogP contribution in [0.4, 0.5) is 11.9 Å². The van der Waals surface area contributed by atoms with E-state index in [2.05, 4.69) is 33.7 Å². The topological polar surface area (TPSA) is 103 Å². The Labute approximate surface area is 100 Å². The molecule has 0 amide bonds. The highest BCUT2D eigenvalue weighted by atomic mass is 16.5. The molecule has 7 heteroatoms. The molecule has 0 aromatic carbocycles. The van der Waals surface area contributed by atoms with Crippen molar-refractivity contribution >= 4 is 11.9 Å². The van der Waals surface area contributed by atoms with Crippen molar-refractivity contribution in [2.24, 2.45) is 0 Å². The fourth-order valence-corrected chi connectivity index (χ4v) is 2.14. The number of hydrogen-bond donors (Lipinski definition) is 2. The van der Waals surface area contributed by atoms with Gasteiger partial charge in [0.1, 0.15) is 5.82 Å². The first kappa shape index (κ1) is 12.0. The van der Waals surface area contributed by atoms with Gasteiger partial charge in [0, 0.05) is 13.1 Å². The summed E-state index contributed by atoms with van der Waals surface area (Å²) in [5, 5.41) is 0. The van der Waals surface area contributed by atoms with Gasteiger partial charge in [0.15, 0.2) is 0 Å². The van der Waals surface area contributed by atoms with Crippen molar-refractivity contribution in [2.75, 3.05) is 24.6 Å². The number of aromatic nitrogens is 3. The van der Waals surface area contributed by atoms with E-state index in [1.54, 1.807) is 0 Å². The molecule has 0 bridgehead atoms. The number of nitrogen functional groups attached to an aromatic ring is 2. The molecule has 0 saturated carbocycles. The van der Waals surface area contributed by atoms with Crippen LogP contribution in [0.1, 0.15) is 19.7 Å². The van der Waals surface area contributed by atoms with E-state index in [0.717, 1.165) is 13.1 Å². The Balaban J connectivity index is 2.04. The average molecular weight is 238 g/mol. The SMILES string of the molecule is CC1CN(Cc2nc(N)nc(N)n2)CC(C)O1. The third-order valence-corrected chi connectivity index (χ3v) is 2.58. The number of anilines is 2. The summed E-state index contributed by atoms with van der Waals surface area (Å²) in [6.45, 7) is 6.44. The largest absolute Gasteiger partial charge is 0.373 e. The van der Waals surface area contributed by atoms with Crippen LogP contribution in [0.15, 0.2) is 0 Å². The van der Waals surface area contributed by atoms with Crippen LogP contribution in [-0.2, 0) is 11.3 Å². The quantitative estimate of drug-likeness (QED) is 0.725. The van der Waals surface area contributed by atoms with Crippen molar-refractivity contribution in [2.45, 2.75) is 32.6 Å². The molecule has 2 rings (SSSR count). The van der Waals surface area contributed by atoms with Gasteiger partial charge in [0.05, 0.1) is 18.8 Å². The van der Waals surface area contributed by atoms with Gasteiger partial charge >= 0.3 is 0 Å².